The lowest BCUT2D eigenvalue weighted by molar-refractivity contribution is -0.137. The molecule has 0 fully saturated rings. The Labute approximate surface area is 153 Å². The molecule has 1 aromatic carbocycles. The molecular weight excluding hydrogens is 357 g/mol. The summed E-state index contributed by atoms with van der Waals surface area (Å²) in [7, 11) is 0. The van der Waals surface area contributed by atoms with E-state index >= 15 is 0 Å². The molecule has 0 saturated heterocycles. The molecule has 0 aliphatic carbocycles. The van der Waals surface area contributed by atoms with Gasteiger partial charge in [-0.15, -0.1) is 0 Å². The van der Waals surface area contributed by atoms with Crippen molar-refractivity contribution in [2.75, 3.05) is 6.54 Å². The molecule has 3 rings (SSSR count). The van der Waals surface area contributed by atoms with Gasteiger partial charge < -0.3 is 5.32 Å². The second-order valence-electron chi connectivity index (χ2n) is 5.95. The van der Waals surface area contributed by atoms with Gasteiger partial charge >= 0.3 is 6.18 Å². The van der Waals surface area contributed by atoms with E-state index in [-0.39, 0.29) is 11.7 Å². The van der Waals surface area contributed by atoms with Gasteiger partial charge in [-0.25, -0.2) is 9.67 Å². The van der Waals surface area contributed by atoms with Gasteiger partial charge in [0.2, 0.25) is 0 Å². The van der Waals surface area contributed by atoms with Crippen LogP contribution < -0.4 is 5.32 Å². The minimum atomic E-state index is -4.45. The number of carbonyl (C=O) groups is 1. The largest absolute Gasteiger partial charge is 0.417 e. The Morgan fingerprint density at radius 1 is 1.11 bits per heavy atom. The van der Waals surface area contributed by atoms with E-state index < -0.39 is 11.7 Å². The first-order valence-electron chi connectivity index (χ1n) is 8.26. The van der Waals surface area contributed by atoms with Gasteiger partial charge in [0.25, 0.3) is 5.91 Å². The number of pyridine rings is 1. The third-order valence-electron chi connectivity index (χ3n) is 4.09. The number of amides is 1. The first-order chi connectivity index (χ1) is 12.9. The number of nitrogens with one attached hydrogen (secondary N) is 1. The number of benzene rings is 1. The molecule has 2 aromatic heterocycles. The Morgan fingerprint density at radius 2 is 1.85 bits per heavy atom. The van der Waals surface area contributed by atoms with Crippen LogP contribution in [0.1, 0.15) is 27.2 Å². The van der Waals surface area contributed by atoms with E-state index in [4.69, 9.17) is 0 Å². The third-order valence-corrected chi connectivity index (χ3v) is 4.09. The molecule has 3 aromatic rings. The van der Waals surface area contributed by atoms with E-state index in [1.165, 1.54) is 16.9 Å². The standard InChI is InChI=1S/C19H17F3N4O/c1-13-16(18(27)23-10-9-14-5-3-2-4-6-14)12-25-26(13)17-8-7-15(11-24-17)19(20,21)22/h2-8,11-12H,9-10H2,1H3,(H,23,27). The van der Waals surface area contributed by atoms with Gasteiger partial charge in [0, 0.05) is 12.7 Å². The van der Waals surface area contributed by atoms with Crippen LogP contribution in [-0.2, 0) is 12.6 Å². The van der Waals surface area contributed by atoms with Crippen LogP contribution in [0, 0.1) is 6.92 Å². The lowest BCUT2D eigenvalue weighted by atomic mass is 10.1. The van der Waals surface area contributed by atoms with Gasteiger partial charge in [0.05, 0.1) is 23.0 Å². The maximum Gasteiger partial charge on any atom is 0.417 e. The molecule has 27 heavy (non-hydrogen) atoms. The number of aromatic nitrogens is 3. The zero-order valence-corrected chi connectivity index (χ0v) is 14.5. The molecule has 0 atom stereocenters. The summed E-state index contributed by atoms with van der Waals surface area (Å²) in [4.78, 5) is 16.2. The first kappa shape index (κ1) is 18.6. The van der Waals surface area contributed by atoms with Crippen LogP contribution >= 0.6 is 0 Å². The van der Waals surface area contributed by atoms with Crippen LogP contribution in [0.15, 0.2) is 54.9 Å². The van der Waals surface area contributed by atoms with E-state index in [1.807, 2.05) is 30.3 Å². The first-order valence-corrected chi connectivity index (χ1v) is 8.26. The van der Waals surface area contributed by atoms with Crippen molar-refractivity contribution < 1.29 is 18.0 Å². The minimum Gasteiger partial charge on any atom is -0.352 e. The highest BCUT2D eigenvalue weighted by Crippen LogP contribution is 2.28. The summed E-state index contributed by atoms with van der Waals surface area (Å²) in [5.74, 6) is -0.0783. The Morgan fingerprint density at radius 3 is 2.48 bits per heavy atom. The summed E-state index contributed by atoms with van der Waals surface area (Å²) in [5.41, 5.74) is 1.12. The summed E-state index contributed by atoms with van der Waals surface area (Å²) < 4.78 is 39.3. The summed E-state index contributed by atoms with van der Waals surface area (Å²) in [6, 6.07) is 11.9. The second kappa shape index (κ2) is 7.61. The molecule has 0 radical (unpaired) electrons. The molecule has 8 heteroatoms. The average Bonchev–Trinajstić information content (AvgIpc) is 3.03. The van der Waals surface area contributed by atoms with E-state index in [2.05, 4.69) is 15.4 Å². The number of halogens is 3. The van der Waals surface area contributed by atoms with Crippen LogP contribution in [0.5, 0.6) is 0 Å². The molecule has 0 bridgehead atoms. The van der Waals surface area contributed by atoms with E-state index in [0.29, 0.717) is 24.2 Å². The highest BCUT2D eigenvalue weighted by atomic mass is 19.4. The molecule has 2 heterocycles. The zero-order valence-electron chi connectivity index (χ0n) is 14.5. The van der Waals surface area contributed by atoms with Crippen LogP contribution in [0.2, 0.25) is 0 Å². The van der Waals surface area contributed by atoms with Gasteiger partial charge in [-0.3, -0.25) is 4.79 Å². The molecule has 0 aliphatic heterocycles. The summed E-state index contributed by atoms with van der Waals surface area (Å²) in [6.07, 6.45) is -1.63. The van der Waals surface area contributed by atoms with Crippen molar-refractivity contribution in [3.8, 4) is 5.82 Å². The van der Waals surface area contributed by atoms with E-state index in [9.17, 15) is 18.0 Å². The molecule has 0 aliphatic rings. The predicted molar refractivity (Wildman–Crippen MR) is 93.6 cm³/mol. The lowest BCUT2D eigenvalue weighted by Gasteiger charge is -2.08. The van der Waals surface area contributed by atoms with Crippen molar-refractivity contribution in [3.05, 3.63) is 77.2 Å². The average molecular weight is 374 g/mol. The molecular formula is C19H17F3N4O. The topological polar surface area (TPSA) is 59.8 Å². The number of alkyl halides is 3. The van der Waals surface area contributed by atoms with Gasteiger partial charge in [-0.05, 0) is 31.0 Å². The maximum absolute atomic E-state index is 12.6. The Bertz CT molecular complexity index is 918. The molecule has 1 amide bonds. The smallest absolute Gasteiger partial charge is 0.352 e. The van der Waals surface area contributed by atoms with E-state index in [1.54, 1.807) is 6.92 Å². The Kier molecular flexibility index (Phi) is 5.25. The van der Waals surface area contributed by atoms with Crippen LogP contribution in [-0.4, -0.2) is 27.2 Å². The van der Waals surface area contributed by atoms with Crippen molar-refractivity contribution in [3.63, 3.8) is 0 Å². The Hall–Kier alpha value is -3.16. The van der Waals surface area contributed by atoms with Gasteiger partial charge in [-0.1, -0.05) is 30.3 Å². The molecule has 0 spiro atoms. The van der Waals surface area contributed by atoms with Crippen LogP contribution in [0.4, 0.5) is 13.2 Å². The normalized spacial score (nSPS) is 11.4. The second-order valence-corrected chi connectivity index (χ2v) is 5.95. The van der Waals surface area contributed by atoms with Crippen LogP contribution in [0.25, 0.3) is 5.82 Å². The van der Waals surface area contributed by atoms with Crippen molar-refractivity contribution in [2.24, 2.45) is 0 Å². The van der Waals surface area contributed by atoms with Crippen molar-refractivity contribution in [2.45, 2.75) is 19.5 Å². The fourth-order valence-corrected chi connectivity index (χ4v) is 2.60. The predicted octanol–water partition coefficient (Wildman–Crippen LogP) is 3.57. The molecule has 140 valence electrons. The van der Waals surface area contributed by atoms with Gasteiger partial charge in [0.1, 0.15) is 0 Å². The number of nitrogens with zero attached hydrogens (tertiary/aromatic N) is 3. The number of carbonyl (C=O) groups excluding carboxylic acids is 1. The minimum absolute atomic E-state index is 0.212. The third kappa shape index (κ3) is 4.33. The number of hydrogen-bond acceptors (Lipinski definition) is 3. The zero-order chi connectivity index (χ0) is 19.4. The number of rotatable bonds is 5. The Balaban J connectivity index is 1.68. The van der Waals surface area contributed by atoms with Crippen molar-refractivity contribution >= 4 is 5.91 Å². The molecule has 1 N–H and O–H groups in total. The molecule has 0 unspecified atom stereocenters. The molecule has 5 nitrogen and oxygen atoms in total. The molecule has 0 saturated carbocycles. The SMILES string of the molecule is Cc1c(C(=O)NCCc2ccccc2)cnn1-c1ccc(C(F)(F)F)cn1. The fourth-order valence-electron chi connectivity index (χ4n) is 2.60. The highest BCUT2D eigenvalue weighted by molar-refractivity contribution is 5.95. The summed E-state index contributed by atoms with van der Waals surface area (Å²) in [6.45, 7) is 2.13. The monoisotopic (exact) mass is 374 g/mol. The highest BCUT2D eigenvalue weighted by Gasteiger charge is 2.30. The summed E-state index contributed by atoms with van der Waals surface area (Å²) in [5, 5.41) is 6.90. The van der Waals surface area contributed by atoms with Gasteiger partial charge in [-0.2, -0.15) is 18.3 Å². The van der Waals surface area contributed by atoms with E-state index in [0.717, 1.165) is 17.8 Å². The van der Waals surface area contributed by atoms with Gasteiger partial charge in [0.15, 0.2) is 5.82 Å². The quantitative estimate of drug-likeness (QED) is 0.743. The number of hydrogen-bond donors (Lipinski definition) is 1. The lowest BCUT2D eigenvalue weighted by Crippen LogP contribution is -2.26. The van der Waals surface area contributed by atoms with Crippen molar-refractivity contribution in [1.82, 2.24) is 20.1 Å². The van der Waals surface area contributed by atoms with Crippen LogP contribution in [0.3, 0.4) is 0 Å². The fraction of sp³-hybridized carbons (Fsp3) is 0.211. The van der Waals surface area contributed by atoms with Crippen molar-refractivity contribution in [1.29, 1.82) is 0 Å². The summed E-state index contributed by atoms with van der Waals surface area (Å²) >= 11 is 0. The maximum atomic E-state index is 12.6.